The minimum Gasteiger partial charge on any atom is -0.424 e. The van der Waals surface area contributed by atoms with Gasteiger partial charge in [-0.05, 0) is 68.5 Å². The van der Waals surface area contributed by atoms with Crippen LogP contribution in [-0.4, -0.2) is 49.7 Å². The summed E-state index contributed by atoms with van der Waals surface area (Å²) < 4.78 is 24.8. The van der Waals surface area contributed by atoms with Crippen molar-refractivity contribution in [3.8, 4) is 23.5 Å². The van der Waals surface area contributed by atoms with Crippen LogP contribution < -0.4 is 14.8 Å². The van der Waals surface area contributed by atoms with E-state index in [-0.39, 0.29) is 18.0 Å². The lowest BCUT2D eigenvalue weighted by Gasteiger charge is -2.39. The Morgan fingerprint density at radius 2 is 1.50 bits per heavy atom. The molecule has 38 heavy (non-hydrogen) atoms. The normalized spacial score (nSPS) is 14.8. The summed E-state index contributed by atoms with van der Waals surface area (Å²) in [4.78, 5) is 27.3. The van der Waals surface area contributed by atoms with Crippen molar-refractivity contribution in [1.29, 1.82) is 0 Å². The predicted octanol–water partition coefficient (Wildman–Crippen LogP) is 6.09. The highest BCUT2D eigenvalue weighted by molar-refractivity contribution is 5.87. The molecule has 2 amide bonds. The number of benzene rings is 2. The van der Waals surface area contributed by atoms with Crippen molar-refractivity contribution in [2.45, 2.75) is 58.5 Å². The van der Waals surface area contributed by atoms with Crippen LogP contribution in [0.15, 0.2) is 48.5 Å². The number of nitrogens with zero attached hydrogens (tertiary/aromatic N) is 4. The number of aryl methyl sites for hydroxylation is 1. The zero-order chi connectivity index (χ0) is 27.1. The standard InChI is InChI=1S/C28H34FN5O4/c1-4-20(5-2)18-28(36)14-16-34(17-15-28)27(35)32-24-30-25(37-22-10-6-19(3)7-11-22)33-26(31-24)38-23-12-8-21(29)9-13-23/h6-13,20,36H,4-5,14-18H2,1-3H3,(H,30,31,32,33,35). The number of urea groups is 1. The quantitative estimate of drug-likeness (QED) is 0.349. The fourth-order valence-corrected chi connectivity index (χ4v) is 4.42. The van der Waals surface area contributed by atoms with E-state index >= 15 is 0 Å². The zero-order valence-electron chi connectivity index (χ0n) is 22.0. The molecule has 1 aliphatic heterocycles. The Kier molecular flexibility index (Phi) is 8.73. The summed E-state index contributed by atoms with van der Waals surface area (Å²) in [5, 5.41) is 13.7. The van der Waals surface area contributed by atoms with E-state index in [0.717, 1.165) is 24.8 Å². The Labute approximate surface area is 222 Å². The monoisotopic (exact) mass is 523 g/mol. The molecule has 202 valence electrons. The molecule has 1 fully saturated rings. The molecule has 0 spiro atoms. The summed E-state index contributed by atoms with van der Waals surface area (Å²) in [7, 11) is 0. The van der Waals surface area contributed by atoms with Crippen molar-refractivity contribution in [1.82, 2.24) is 19.9 Å². The van der Waals surface area contributed by atoms with Gasteiger partial charge in [-0.3, -0.25) is 5.32 Å². The highest BCUT2D eigenvalue weighted by atomic mass is 19.1. The van der Waals surface area contributed by atoms with Crippen molar-refractivity contribution in [3.05, 3.63) is 59.9 Å². The van der Waals surface area contributed by atoms with Crippen LogP contribution in [0, 0.1) is 18.7 Å². The third-order valence-electron chi connectivity index (χ3n) is 6.87. The fraction of sp³-hybridized carbons (Fsp3) is 0.429. The highest BCUT2D eigenvalue weighted by Crippen LogP contribution is 2.32. The number of aromatic nitrogens is 3. The van der Waals surface area contributed by atoms with Crippen LogP contribution in [0.5, 0.6) is 23.5 Å². The number of hydrogen-bond donors (Lipinski definition) is 2. The molecule has 2 N–H and O–H groups in total. The number of amides is 2. The number of ether oxygens (including phenoxy) is 2. The molecule has 2 heterocycles. The van der Waals surface area contributed by atoms with Crippen molar-refractivity contribution >= 4 is 12.0 Å². The van der Waals surface area contributed by atoms with E-state index in [1.54, 1.807) is 17.0 Å². The van der Waals surface area contributed by atoms with Crippen LogP contribution in [0.25, 0.3) is 0 Å². The van der Waals surface area contributed by atoms with E-state index in [1.807, 2.05) is 19.1 Å². The number of aliphatic hydroxyl groups is 1. The second kappa shape index (κ2) is 12.2. The number of rotatable bonds is 9. The Balaban J connectivity index is 1.48. The Morgan fingerprint density at radius 1 is 0.974 bits per heavy atom. The predicted molar refractivity (Wildman–Crippen MR) is 141 cm³/mol. The van der Waals surface area contributed by atoms with Crippen molar-refractivity contribution in [3.63, 3.8) is 0 Å². The molecule has 4 rings (SSSR count). The van der Waals surface area contributed by atoms with E-state index < -0.39 is 17.4 Å². The third kappa shape index (κ3) is 7.38. The molecule has 0 aliphatic carbocycles. The minimum absolute atomic E-state index is 0.0536. The molecule has 10 heteroatoms. The zero-order valence-corrected chi connectivity index (χ0v) is 22.0. The van der Waals surface area contributed by atoms with E-state index in [9.17, 15) is 14.3 Å². The van der Waals surface area contributed by atoms with Gasteiger partial charge < -0.3 is 19.5 Å². The third-order valence-corrected chi connectivity index (χ3v) is 6.87. The highest BCUT2D eigenvalue weighted by Gasteiger charge is 2.35. The minimum atomic E-state index is -0.758. The van der Waals surface area contributed by atoms with E-state index in [2.05, 4.69) is 34.1 Å². The first-order valence-electron chi connectivity index (χ1n) is 13.0. The summed E-state index contributed by atoms with van der Waals surface area (Å²) in [5.74, 6) is 0.820. The molecule has 0 unspecified atom stereocenters. The molecule has 0 atom stereocenters. The maximum Gasteiger partial charge on any atom is 0.330 e. The largest absolute Gasteiger partial charge is 0.424 e. The number of nitrogens with one attached hydrogen (secondary N) is 1. The molecule has 0 bridgehead atoms. The summed E-state index contributed by atoms with van der Waals surface area (Å²) in [6, 6.07) is 12.1. The Bertz CT molecular complexity index is 1150. The van der Waals surface area contributed by atoms with Gasteiger partial charge in [0.2, 0.25) is 5.95 Å². The topological polar surface area (TPSA) is 110 Å². The molecule has 0 radical (unpaired) electrons. The van der Waals surface area contributed by atoms with Gasteiger partial charge in [0, 0.05) is 13.1 Å². The van der Waals surface area contributed by atoms with E-state index in [4.69, 9.17) is 9.47 Å². The van der Waals surface area contributed by atoms with Gasteiger partial charge in [-0.25, -0.2) is 9.18 Å². The number of hydrogen-bond acceptors (Lipinski definition) is 7. The average Bonchev–Trinajstić information content (AvgIpc) is 2.90. The van der Waals surface area contributed by atoms with Gasteiger partial charge in [0.05, 0.1) is 5.60 Å². The van der Waals surface area contributed by atoms with Crippen LogP contribution in [-0.2, 0) is 0 Å². The number of carbonyl (C=O) groups excluding carboxylic acids is 1. The lowest BCUT2D eigenvalue weighted by molar-refractivity contribution is -0.0309. The number of carbonyl (C=O) groups is 1. The van der Waals surface area contributed by atoms with Gasteiger partial charge in [0.25, 0.3) is 0 Å². The van der Waals surface area contributed by atoms with Gasteiger partial charge in [-0.15, -0.1) is 4.98 Å². The second-order valence-electron chi connectivity index (χ2n) is 9.72. The lowest BCUT2D eigenvalue weighted by Crippen LogP contribution is -2.48. The second-order valence-corrected chi connectivity index (χ2v) is 9.72. The van der Waals surface area contributed by atoms with Crippen LogP contribution in [0.4, 0.5) is 15.1 Å². The van der Waals surface area contributed by atoms with Crippen molar-refractivity contribution < 1.29 is 23.8 Å². The van der Waals surface area contributed by atoms with Crippen molar-refractivity contribution in [2.75, 3.05) is 18.4 Å². The number of piperidine rings is 1. The van der Waals surface area contributed by atoms with E-state index in [0.29, 0.717) is 43.3 Å². The van der Waals surface area contributed by atoms with Crippen LogP contribution in [0.3, 0.4) is 0 Å². The maximum atomic E-state index is 13.3. The summed E-state index contributed by atoms with van der Waals surface area (Å²) in [6.45, 7) is 7.07. The SMILES string of the molecule is CCC(CC)CC1(O)CCN(C(=O)Nc2nc(Oc3ccc(C)cc3)nc(Oc3ccc(F)cc3)n2)CC1. The first-order chi connectivity index (χ1) is 18.2. The molecule has 1 aliphatic rings. The molecule has 9 nitrogen and oxygen atoms in total. The summed E-state index contributed by atoms with van der Waals surface area (Å²) >= 11 is 0. The lowest BCUT2D eigenvalue weighted by atomic mass is 9.81. The van der Waals surface area contributed by atoms with Gasteiger partial charge >= 0.3 is 18.1 Å². The van der Waals surface area contributed by atoms with Crippen molar-refractivity contribution in [2.24, 2.45) is 5.92 Å². The summed E-state index contributed by atoms with van der Waals surface area (Å²) in [5.41, 5.74) is 0.306. The molecule has 2 aromatic carbocycles. The first kappa shape index (κ1) is 27.3. The molecule has 1 saturated heterocycles. The maximum absolute atomic E-state index is 13.3. The smallest absolute Gasteiger partial charge is 0.330 e. The van der Waals surface area contributed by atoms with Crippen LogP contribution in [0.2, 0.25) is 0 Å². The number of anilines is 1. The average molecular weight is 524 g/mol. The number of likely N-dealkylation sites (tertiary alicyclic amines) is 1. The fourth-order valence-electron chi connectivity index (χ4n) is 4.42. The molecular formula is C28H34FN5O4. The molecule has 3 aromatic rings. The first-order valence-corrected chi connectivity index (χ1v) is 13.0. The Hall–Kier alpha value is -3.79. The summed E-state index contributed by atoms with van der Waals surface area (Å²) in [6.07, 6.45) is 3.81. The van der Waals surface area contributed by atoms with Crippen LogP contribution in [0.1, 0.15) is 51.5 Å². The number of halogens is 1. The van der Waals surface area contributed by atoms with Gasteiger partial charge in [0.1, 0.15) is 17.3 Å². The molecule has 1 aromatic heterocycles. The van der Waals surface area contributed by atoms with Gasteiger partial charge in [-0.2, -0.15) is 9.97 Å². The van der Waals surface area contributed by atoms with E-state index in [1.165, 1.54) is 24.3 Å². The van der Waals surface area contributed by atoms with Gasteiger partial charge in [-0.1, -0.05) is 44.4 Å². The molecule has 0 saturated carbocycles. The van der Waals surface area contributed by atoms with Crippen LogP contribution >= 0.6 is 0 Å². The Morgan fingerprint density at radius 3 is 2.03 bits per heavy atom. The van der Waals surface area contributed by atoms with Gasteiger partial charge in [0.15, 0.2) is 0 Å². The molecular weight excluding hydrogens is 489 g/mol.